The van der Waals surface area contributed by atoms with Crippen molar-refractivity contribution >= 4 is 17.8 Å². The van der Waals surface area contributed by atoms with Crippen molar-refractivity contribution in [1.29, 1.82) is 0 Å². The number of amides is 2. The molecule has 0 spiro atoms. The maximum Gasteiger partial charge on any atom is 0.320 e. The van der Waals surface area contributed by atoms with Crippen LogP contribution in [0.1, 0.15) is 19.8 Å². The van der Waals surface area contributed by atoms with Crippen molar-refractivity contribution in [3.8, 4) is 0 Å². The molecule has 1 saturated heterocycles. The maximum absolute atomic E-state index is 11.7. The van der Waals surface area contributed by atoms with Crippen molar-refractivity contribution in [1.82, 2.24) is 9.80 Å². The topological polar surface area (TPSA) is 77.9 Å². The molecule has 2 atom stereocenters. The Labute approximate surface area is 93.8 Å². The van der Waals surface area contributed by atoms with E-state index in [9.17, 15) is 14.4 Å². The Hall–Kier alpha value is -1.43. The smallest absolute Gasteiger partial charge is 0.320 e. The number of hydrogen-bond acceptors (Lipinski definition) is 4. The molecule has 1 aliphatic rings. The lowest BCUT2D eigenvalue weighted by molar-refractivity contribution is -0.145. The van der Waals surface area contributed by atoms with Crippen molar-refractivity contribution in [2.75, 3.05) is 14.1 Å². The molecule has 1 N–H and O–H groups in total. The summed E-state index contributed by atoms with van der Waals surface area (Å²) in [5, 5.41) is 8.97. The number of carbonyl (C=O) groups is 3. The highest BCUT2D eigenvalue weighted by atomic mass is 16.4. The van der Waals surface area contributed by atoms with Crippen LogP contribution in [0, 0.1) is 0 Å². The van der Waals surface area contributed by atoms with Gasteiger partial charge in [0.1, 0.15) is 6.04 Å². The monoisotopic (exact) mass is 228 g/mol. The molecule has 1 fully saturated rings. The molecule has 0 aliphatic carbocycles. The molecule has 0 aromatic heterocycles. The quantitative estimate of drug-likeness (QED) is 0.659. The second-order valence-electron chi connectivity index (χ2n) is 3.94. The molecule has 90 valence electrons. The van der Waals surface area contributed by atoms with Gasteiger partial charge in [0.15, 0.2) is 0 Å². The summed E-state index contributed by atoms with van der Waals surface area (Å²) >= 11 is 0. The fourth-order valence-corrected chi connectivity index (χ4v) is 1.91. The normalized spacial score (nSPS) is 23.0. The Morgan fingerprint density at radius 2 is 2.19 bits per heavy atom. The predicted molar refractivity (Wildman–Crippen MR) is 55.7 cm³/mol. The van der Waals surface area contributed by atoms with Gasteiger partial charge in [-0.3, -0.25) is 24.2 Å². The van der Waals surface area contributed by atoms with E-state index in [1.807, 2.05) is 0 Å². The van der Waals surface area contributed by atoms with Gasteiger partial charge in [-0.05, 0) is 13.5 Å². The molecule has 1 aliphatic heterocycles. The Balaban J connectivity index is 2.82. The molecule has 0 radical (unpaired) electrons. The zero-order chi connectivity index (χ0) is 12.5. The van der Waals surface area contributed by atoms with Crippen LogP contribution in [0.15, 0.2) is 0 Å². The summed E-state index contributed by atoms with van der Waals surface area (Å²) in [6.07, 6.45) is 0.461. The van der Waals surface area contributed by atoms with Crippen LogP contribution in [0.25, 0.3) is 0 Å². The van der Waals surface area contributed by atoms with E-state index < -0.39 is 18.1 Å². The number of rotatable bonds is 4. The summed E-state index contributed by atoms with van der Waals surface area (Å²) in [5.41, 5.74) is 0. The Morgan fingerprint density at radius 3 is 2.50 bits per heavy atom. The number of carboxylic acids is 1. The van der Waals surface area contributed by atoms with Crippen LogP contribution >= 0.6 is 0 Å². The molecular weight excluding hydrogens is 212 g/mol. The van der Waals surface area contributed by atoms with Crippen molar-refractivity contribution in [3.05, 3.63) is 0 Å². The lowest BCUT2D eigenvalue weighted by Crippen LogP contribution is -2.47. The fraction of sp³-hybridized carbons (Fsp3) is 0.700. The number of hydrogen-bond donors (Lipinski definition) is 1. The number of carbonyl (C=O) groups excluding carboxylic acids is 2. The average molecular weight is 228 g/mol. The highest BCUT2D eigenvalue weighted by Gasteiger charge is 2.41. The predicted octanol–water partition coefficient (Wildman–Crippen LogP) is -0.461. The number of carboxylic acid groups (broad SMARTS) is 1. The van der Waals surface area contributed by atoms with Crippen molar-refractivity contribution in [2.45, 2.75) is 31.8 Å². The molecule has 0 saturated carbocycles. The van der Waals surface area contributed by atoms with Crippen molar-refractivity contribution in [2.24, 2.45) is 0 Å². The van der Waals surface area contributed by atoms with Crippen LogP contribution in [-0.4, -0.2) is 58.9 Å². The van der Waals surface area contributed by atoms with Gasteiger partial charge in [0.25, 0.3) is 0 Å². The van der Waals surface area contributed by atoms with E-state index in [-0.39, 0.29) is 18.2 Å². The third kappa shape index (κ3) is 2.06. The zero-order valence-electron chi connectivity index (χ0n) is 9.64. The summed E-state index contributed by atoms with van der Waals surface area (Å²) in [4.78, 5) is 36.4. The van der Waals surface area contributed by atoms with E-state index in [0.717, 1.165) is 4.90 Å². The summed E-state index contributed by atoms with van der Waals surface area (Å²) in [6.45, 7) is 1.74. The summed E-state index contributed by atoms with van der Waals surface area (Å²) in [6, 6.07) is -1.37. The summed E-state index contributed by atoms with van der Waals surface area (Å²) in [5.74, 6) is -1.56. The number of likely N-dealkylation sites (tertiary alicyclic amines) is 1. The Morgan fingerprint density at radius 1 is 1.62 bits per heavy atom. The summed E-state index contributed by atoms with van der Waals surface area (Å²) < 4.78 is 0. The molecular formula is C10H16N2O4. The molecule has 1 rings (SSSR count). The first kappa shape index (κ1) is 12.6. The van der Waals surface area contributed by atoms with E-state index in [0.29, 0.717) is 6.42 Å². The van der Waals surface area contributed by atoms with E-state index in [1.54, 1.807) is 14.0 Å². The minimum absolute atomic E-state index is 0.0651. The van der Waals surface area contributed by atoms with Crippen LogP contribution in [0.3, 0.4) is 0 Å². The van der Waals surface area contributed by atoms with Crippen LogP contribution < -0.4 is 0 Å². The first-order chi connectivity index (χ1) is 7.40. The molecule has 2 unspecified atom stereocenters. The third-order valence-electron chi connectivity index (χ3n) is 3.01. The van der Waals surface area contributed by atoms with Gasteiger partial charge >= 0.3 is 5.97 Å². The molecule has 0 aromatic carbocycles. The second-order valence-corrected chi connectivity index (χ2v) is 3.94. The number of imide groups is 1. The van der Waals surface area contributed by atoms with Crippen LogP contribution in [0.4, 0.5) is 0 Å². The molecule has 16 heavy (non-hydrogen) atoms. The second kappa shape index (κ2) is 4.61. The van der Waals surface area contributed by atoms with Gasteiger partial charge < -0.3 is 5.11 Å². The SMILES string of the molecule is CCC(C(=O)O)N(C)C1CC(=O)N(C)C1=O. The molecule has 6 nitrogen and oxygen atoms in total. The largest absolute Gasteiger partial charge is 0.480 e. The Kier molecular flexibility index (Phi) is 3.64. The highest BCUT2D eigenvalue weighted by molar-refractivity contribution is 6.05. The van der Waals surface area contributed by atoms with E-state index in [4.69, 9.17) is 5.11 Å². The van der Waals surface area contributed by atoms with Gasteiger partial charge in [-0.25, -0.2) is 0 Å². The molecule has 2 amide bonds. The third-order valence-corrected chi connectivity index (χ3v) is 3.01. The van der Waals surface area contributed by atoms with E-state index >= 15 is 0 Å². The summed E-state index contributed by atoms with van der Waals surface area (Å²) in [7, 11) is 2.98. The average Bonchev–Trinajstić information content (AvgIpc) is 2.46. The van der Waals surface area contributed by atoms with Crippen molar-refractivity contribution in [3.63, 3.8) is 0 Å². The van der Waals surface area contributed by atoms with E-state index in [2.05, 4.69) is 0 Å². The number of nitrogens with zero attached hydrogens (tertiary/aromatic N) is 2. The van der Waals surface area contributed by atoms with Crippen LogP contribution in [-0.2, 0) is 14.4 Å². The minimum Gasteiger partial charge on any atom is -0.480 e. The van der Waals surface area contributed by atoms with Gasteiger partial charge in [0.05, 0.1) is 12.5 Å². The lowest BCUT2D eigenvalue weighted by Gasteiger charge is -2.27. The maximum atomic E-state index is 11.7. The molecule has 0 bridgehead atoms. The van der Waals surface area contributed by atoms with Gasteiger partial charge in [0.2, 0.25) is 11.8 Å². The van der Waals surface area contributed by atoms with Gasteiger partial charge in [-0.15, -0.1) is 0 Å². The Bertz CT molecular complexity index is 329. The first-order valence-electron chi connectivity index (χ1n) is 5.15. The fourth-order valence-electron chi connectivity index (χ4n) is 1.91. The zero-order valence-corrected chi connectivity index (χ0v) is 9.64. The van der Waals surface area contributed by atoms with Crippen LogP contribution in [0.2, 0.25) is 0 Å². The number of likely N-dealkylation sites (N-methyl/N-ethyl adjacent to an activating group) is 2. The van der Waals surface area contributed by atoms with Gasteiger partial charge in [0, 0.05) is 7.05 Å². The number of aliphatic carboxylic acids is 1. The standard InChI is InChI=1S/C10H16N2O4/c1-4-6(10(15)16)11(2)7-5-8(13)12(3)9(7)14/h6-7H,4-5H2,1-3H3,(H,15,16). The van der Waals surface area contributed by atoms with E-state index in [1.165, 1.54) is 11.9 Å². The minimum atomic E-state index is -0.972. The van der Waals surface area contributed by atoms with Crippen molar-refractivity contribution < 1.29 is 19.5 Å². The van der Waals surface area contributed by atoms with Gasteiger partial charge in [-0.2, -0.15) is 0 Å². The first-order valence-corrected chi connectivity index (χ1v) is 5.15. The highest BCUT2D eigenvalue weighted by Crippen LogP contribution is 2.19. The lowest BCUT2D eigenvalue weighted by atomic mass is 10.1. The van der Waals surface area contributed by atoms with Crippen LogP contribution in [0.5, 0.6) is 0 Å². The molecule has 1 heterocycles. The van der Waals surface area contributed by atoms with Gasteiger partial charge in [-0.1, -0.05) is 6.92 Å². The molecule has 0 aromatic rings. The molecule has 6 heteroatoms.